The molecule has 8 heteroatoms. The highest BCUT2D eigenvalue weighted by Crippen LogP contribution is 2.31. The molecule has 1 aromatic heterocycles. The Bertz CT molecular complexity index is 456. The van der Waals surface area contributed by atoms with Crippen molar-refractivity contribution in [3.63, 3.8) is 0 Å². The summed E-state index contributed by atoms with van der Waals surface area (Å²) >= 11 is 11.5. The van der Waals surface area contributed by atoms with Gasteiger partial charge in [0.05, 0.1) is 25.2 Å². The number of likely N-dealkylation sites (N-methyl/N-ethyl adjacent to an activating group) is 1. The molecule has 0 saturated carbocycles. The van der Waals surface area contributed by atoms with E-state index in [9.17, 15) is 13.2 Å². The van der Waals surface area contributed by atoms with E-state index in [4.69, 9.17) is 23.6 Å². The number of halogens is 5. The zero-order chi connectivity index (χ0) is 15.8. The zero-order valence-electron chi connectivity index (χ0n) is 11.7. The van der Waals surface area contributed by atoms with Crippen molar-refractivity contribution in [3.05, 3.63) is 23.9 Å². The van der Waals surface area contributed by atoms with Gasteiger partial charge in [-0.15, -0.1) is 3.94 Å². The molecule has 0 atom stereocenters. The van der Waals surface area contributed by atoms with Crippen LogP contribution in [0.15, 0.2) is 18.3 Å². The van der Waals surface area contributed by atoms with Gasteiger partial charge in [-0.25, -0.2) is 4.98 Å². The first-order valence-corrected chi connectivity index (χ1v) is 6.52. The van der Waals surface area contributed by atoms with E-state index < -0.39 is 17.3 Å². The van der Waals surface area contributed by atoms with E-state index in [-0.39, 0.29) is 4.48 Å². The van der Waals surface area contributed by atoms with E-state index in [0.29, 0.717) is 12.4 Å². The van der Waals surface area contributed by atoms with Gasteiger partial charge in [0, 0.05) is 12.3 Å². The van der Waals surface area contributed by atoms with E-state index >= 15 is 0 Å². The van der Waals surface area contributed by atoms with Crippen LogP contribution in [0.4, 0.5) is 19.0 Å². The Balaban J connectivity index is 2.99. The smallest absolute Gasteiger partial charge is 0.278 e. The monoisotopic (exact) mass is 330 g/mol. The Morgan fingerprint density at radius 2 is 1.75 bits per heavy atom. The van der Waals surface area contributed by atoms with Gasteiger partial charge >= 0.3 is 6.18 Å². The van der Waals surface area contributed by atoms with Crippen LogP contribution in [-0.4, -0.2) is 35.1 Å². The highest BCUT2D eigenvalue weighted by Gasteiger charge is 2.36. The van der Waals surface area contributed by atoms with Crippen molar-refractivity contribution in [2.24, 2.45) is 0 Å². The molecule has 0 aliphatic heterocycles. The predicted molar refractivity (Wildman–Crippen MR) is 75.4 cm³/mol. The Morgan fingerprint density at radius 1 is 1.20 bits per heavy atom. The number of rotatable bonds is 4. The van der Waals surface area contributed by atoms with Crippen molar-refractivity contribution in [3.8, 4) is 0 Å². The quantitative estimate of drug-likeness (QED) is 0.611. The van der Waals surface area contributed by atoms with Crippen LogP contribution in [-0.2, 0) is 6.18 Å². The number of aromatic nitrogens is 1. The molecule has 0 unspecified atom stereocenters. The third kappa shape index (κ3) is 4.22. The van der Waals surface area contributed by atoms with E-state index in [1.54, 1.807) is 0 Å². The molecular formula is C12H17Cl2F3N3+. The summed E-state index contributed by atoms with van der Waals surface area (Å²) in [6, 6.07) is 2.39. The Hall–Kier alpha value is -0.560. The fourth-order valence-corrected chi connectivity index (χ4v) is 2.12. The Labute approximate surface area is 126 Å². The molecule has 20 heavy (non-hydrogen) atoms. The van der Waals surface area contributed by atoms with Crippen LogP contribution >= 0.6 is 23.6 Å². The fourth-order valence-electron chi connectivity index (χ4n) is 2.01. The third-order valence-electron chi connectivity index (χ3n) is 2.94. The molecule has 0 bridgehead atoms. The van der Waals surface area contributed by atoms with Gasteiger partial charge in [0.25, 0.3) is 0 Å². The first-order valence-electron chi connectivity index (χ1n) is 5.85. The standard InChI is InChI=1S/C12H17Cl2F3N3/c1-11(2,19(13)14)8-20(3,4)10-6-5-9(7-18-10)12(15,16)17/h5-7H,8H2,1-4H3/q+1. The highest BCUT2D eigenvalue weighted by molar-refractivity contribution is 6.34. The average Bonchev–Trinajstić information content (AvgIpc) is 2.26. The van der Waals surface area contributed by atoms with Crippen LogP contribution in [0.5, 0.6) is 0 Å². The van der Waals surface area contributed by atoms with Gasteiger partial charge in [-0.2, -0.15) is 13.2 Å². The normalized spacial score (nSPS) is 13.9. The summed E-state index contributed by atoms with van der Waals surface area (Å²) in [5.41, 5.74) is -1.33. The Kier molecular flexibility index (Phi) is 4.96. The van der Waals surface area contributed by atoms with Gasteiger partial charge in [-0.3, -0.25) is 4.48 Å². The number of alkyl halides is 3. The van der Waals surface area contributed by atoms with E-state index in [1.165, 1.54) is 6.07 Å². The largest absolute Gasteiger partial charge is 0.417 e. The summed E-state index contributed by atoms with van der Waals surface area (Å²) in [5, 5.41) is 0. The van der Waals surface area contributed by atoms with Crippen LogP contribution in [0.1, 0.15) is 19.4 Å². The van der Waals surface area contributed by atoms with E-state index in [1.807, 2.05) is 27.9 Å². The predicted octanol–water partition coefficient (Wildman–Crippen LogP) is 4.06. The van der Waals surface area contributed by atoms with Gasteiger partial charge in [0.15, 0.2) is 0 Å². The Morgan fingerprint density at radius 3 is 2.10 bits per heavy atom. The minimum absolute atomic E-state index is 0.251. The molecule has 3 nitrogen and oxygen atoms in total. The minimum atomic E-state index is -4.38. The molecule has 0 fully saturated rings. The summed E-state index contributed by atoms with van der Waals surface area (Å²) in [6.07, 6.45) is -3.55. The second kappa shape index (κ2) is 5.67. The van der Waals surface area contributed by atoms with Crippen LogP contribution in [0.25, 0.3) is 0 Å². The van der Waals surface area contributed by atoms with E-state index in [2.05, 4.69) is 4.98 Å². The molecule has 1 heterocycles. The maximum Gasteiger partial charge on any atom is 0.417 e. The van der Waals surface area contributed by atoms with Crippen LogP contribution in [0.3, 0.4) is 0 Å². The number of hydrogen-bond donors (Lipinski definition) is 0. The second-order valence-corrected chi connectivity index (χ2v) is 6.64. The number of hydrogen-bond acceptors (Lipinski definition) is 2. The summed E-state index contributed by atoms with van der Waals surface area (Å²) in [4.78, 5) is 3.91. The molecule has 0 aliphatic rings. The fraction of sp³-hybridized carbons (Fsp3) is 0.583. The highest BCUT2D eigenvalue weighted by atomic mass is 35.5. The molecule has 1 rings (SSSR count). The lowest BCUT2D eigenvalue weighted by atomic mass is 10.1. The first kappa shape index (κ1) is 17.5. The van der Waals surface area contributed by atoms with Gasteiger partial charge in [-0.05, 0) is 43.5 Å². The molecule has 0 N–H and O–H groups in total. The molecule has 114 valence electrons. The van der Waals surface area contributed by atoms with Crippen molar-refractivity contribution >= 4 is 29.4 Å². The lowest BCUT2D eigenvalue weighted by Gasteiger charge is -2.37. The lowest BCUT2D eigenvalue weighted by Crippen LogP contribution is -2.53. The van der Waals surface area contributed by atoms with Gasteiger partial charge < -0.3 is 0 Å². The number of nitrogens with zero attached hydrogens (tertiary/aromatic N) is 3. The molecule has 0 aliphatic carbocycles. The minimum Gasteiger partial charge on any atom is -0.278 e. The zero-order valence-corrected chi connectivity index (χ0v) is 13.2. The summed E-state index contributed by atoms with van der Waals surface area (Å²) in [7, 11) is 3.66. The third-order valence-corrected chi connectivity index (χ3v) is 3.85. The van der Waals surface area contributed by atoms with Crippen molar-refractivity contribution in [1.29, 1.82) is 0 Å². The average molecular weight is 331 g/mol. The molecule has 0 spiro atoms. The molecule has 0 amide bonds. The summed E-state index contributed by atoms with van der Waals surface area (Å²) in [6.45, 7) is 4.13. The topological polar surface area (TPSA) is 16.1 Å². The lowest BCUT2D eigenvalue weighted by molar-refractivity contribution is -0.137. The van der Waals surface area contributed by atoms with Crippen molar-refractivity contribution < 1.29 is 13.2 Å². The first-order chi connectivity index (χ1) is 8.86. The molecule has 0 aromatic carbocycles. The molecule has 0 saturated heterocycles. The maximum atomic E-state index is 12.5. The summed E-state index contributed by atoms with van der Waals surface area (Å²) in [5.74, 6) is 0.501. The van der Waals surface area contributed by atoms with Gasteiger partial charge in [0.1, 0.15) is 6.54 Å². The number of quaternary nitrogens is 1. The van der Waals surface area contributed by atoms with Crippen LogP contribution in [0, 0.1) is 0 Å². The van der Waals surface area contributed by atoms with Crippen LogP contribution < -0.4 is 4.48 Å². The van der Waals surface area contributed by atoms with Crippen molar-refractivity contribution in [2.75, 3.05) is 20.6 Å². The molecular weight excluding hydrogens is 314 g/mol. The van der Waals surface area contributed by atoms with Gasteiger partial charge in [-0.1, -0.05) is 0 Å². The number of pyridine rings is 1. The molecule has 0 radical (unpaired) electrons. The van der Waals surface area contributed by atoms with E-state index in [0.717, 1.165) is 16.2 Å². The SMILES string of the molecule is CC(C)(C[N+](C)(C)c1ccc(C(F)(F)F)cn1)N(Cl)Cl. The van der Waals surface area contributed by atoms with Gasteiger partial charge in [0.2, 0.25) is 5.82 Å². The van der Waals surface area contributed by atoms with Crippen LogP contribution in [0.2, 0.25) is 0 Å². The van der Waals surface area contributed by atoms with Crippen molar-refractivity contribution in [2.45, 2.75) is 25.6 Å². The van der Waals surface area contributed by atoms with Crippen molar-refractivity contribution in [1.82, 2.24) is 13.4 Å². The second-order valence-electron chi connectivity index (χ2n) is 5.79. The maximum absolute atomic E-state index is 12.5. The summed E-state index contributed by atoms with van der Waals surface area (Å²) < 4.78 is 38.8. The molecule has 1 aromatic rings.